The molecular formula is C26H39N3O2. The van der Waals surface area contributed by atoms with E-state index in [0.717, 1.165) is 69.9 Å². The fourth-order valence-electron chi connectivity index (χ4n) is 5.66. The van der Waals surface area contributed by atoms with Gasteiger partial charge in [0, 0.05) is 51.4 Å². The second-order valence-corrected chi connectivity index (χ2v) is 10.1. The summed E-state index contributed by atoms with van der Waals surface area (Å²) in [5, 5.41) is 0. The number of fused-ring (bicyclic) bond motifs is 1. The minimum atomic E-state index is 0.111. The first-order valence-corrected chi connectivity index (χ1v) is 12.0. The molecule has 1 amide bonds. The highest BCUT2D eigenvalue weighted by Crippen LogP contribution is 2.59. The van der Waals surface area contributed by atoms with Crippen LogP contribution in [0.25, 0.3) is 0 Å². The van der Waals surface area contributed by atoms with E-state index in [4.69, 9.17) is 4.74 Å². The maximum Gasteiger partial charge on any atom is 0.254 e. The van der Waals surface area contributed by atoms with Gasteiger partial charge in [0.25, 0.3) is 5.91 Å². The first kappa shape index (κ1) is 22.3. The molecule has 1 saturated heterocycles. The number of piperazine rings is 1. The van der Waals surface area contributed by atoms with Crippen LogP contribution in [0.1, 0.15) is 44.0 Å². The summed E-state index contributed by atoms with van der Waals surface area (Å²) in [5.41, 5.74) is 2.91. The molecule has 1 saturated carbocycles. The van der Waals surface area contributed by atoms with Gasteiger partial charge in [-0.1, -0.05) is 38.5 Å². The lowest BCUT2D eigenvalue weighted by Gasteiger charge is -2.57. The number of allylic oxidation sites excluding steroid dienone is 1. The highest BCUT2D eigenvalue weighted by Gasteiger charge is 2.51. The van der Waals surface area contributed by atoms with E-state index in [1.807, 2.05) is 29.2 Å². The minimum absolute atomic E-state index is 0.111. The second kappa shape index (κ2) is 9.33. The predicted molar refractivity (Wildman–Crippen MR) is 126 cm³/mol. The van der Waals surface area contributed by atoms with Crippen molar-refractivity contribution in [2.24, 2.45) is 17.3 Å². The molecule has 4 aliphatic rings. The summed E-state index contributed by atoms with van der Waals surface area (Å²) >= 11 is 0. The maximum absolute atomic E-state index is 12.8. The van der Waals surface area contributed by atoms with Gasteiger partial charge in [-0.2, -0.15) is 0 Å². The van der Waals surface area contributed by atoms with Crippen molar-refractivity contribution in [2.45, 2.75) is 33.6 Å². The molecule has 3 aliphatic carbocycles. The topological polar surface area (TPSA) is 36.0 Å². The Morgan fingerprint density at radius 3 is 2.65 bits per heavy atom. The number of likely N-dealkylation sites (N-methyl/N-ethyl adjacent to an activating group) is 1. The van der Waals surface area contributed by atoms with Crippen molar-refractivity contribution >= 4 is 5.91 Å². The Balaban J connectivity index is 1.23. The molecule has 0 radical (unpaired) electrons. The van der Waals surface area contributed by atoms with Crippen LogP contribution in [0.2, 0.25) is 0 Å². The van der Waals surface area contributed by atoms with E-state index in [1.165, 1.54) is 12.8 Å². The van der Waals surface area contributed by atoms with Gasteiger partial charge in [0.1, 0.15) is 5.75 Å². The third-order valence-electron chi connectivity index (χ3n) is 8.14. The van der Waals surface area contributed by atoms with Gasteiger partial charge in [-0.15, -0.1) is 0 Å². The molecule has 2 fully saturated rings. The molecule has 5 heteroatoms. The Bertz CT molecular complexity index is 811. The molecule has 1 aliphatic heterocycles. The Morgan fingerprint density at radius 2 is 2.00 bits per heavy atom. The number of hydrogen-bond donors (Lipinski definition) is 0. The van der Waals surface area contributed by atoms with E-state index in [0.29, 0.717) is 11.0 Å². The Kier molecular flexibility index (Phi) is 6.73. The summed E-state index contributed by atoms with van der Waals surface area (Å²) < 4.78 is 5.26. The van der Waals surface area contributed by atoms with E-state index < -0.39 is 0 Å². The van der Waals surface area contributed by atoms with Crippen LogP contribution >= 0.6 is 0 Å². The quantitative estimate of drug-likeness (QED) is 0.594. The lowest BCUT2D eigenvalue weighted by Crippen LogP contribution is -2.51. The van der Waals surface area contributed by atoms with Crippen molar-refractivity contribution in [3.63, 3.8) is 0 Å². The van der Waals surface area contributed by atoms with E-state index in [1.54, 1.807) is 12.7 Å². The number of ether oxygens (including phenoxy) is 1. The number of benzene rings is 1. The van der Waals surface area contributed by atoms with Crippen molar-refractivity contribution < 1.29 is 9.53 Å². The summed E-state index contributed by atoms with van der Waals surface area (Å²) in [4.78, 5) is 19.9. The van der Waals surface area contributed by atoms with Gasteiger partial charge < -0.3 is 9.64 Å². The molecule has 1 aromatic carbocycles. The molecule has 0 N–H and O–H groups in total. The summed E-state index contributed by atoms with van der Waals surface area (Å²) in [6, 6.07) is 7.47. The molecule has 5 nitrogen and oxygen atoms in total. The number of rotatable bonds is 8. The van der Waals surface area contributed by atoms with E-state index in [2.05, 4.69) is 36.6 Å². The fraction of sp³-hybridized carbons (Fsp3) is 0.654. The predicted octanol–water partition coefficient (Wildman–Crippen LogP) is 3.77. The van der Waals surface area contributed by atoms with Crippen LogP contribution < -0.4 is 4.74 Å². The Morgan fingerprint density at radius 1 is 1.23 bits per heavy atom. The molecule has 170 valence electrons. The van der Waals surface area contributed by atoms with Gasteiger partial charge in [0.2, 0.25) is 0 Å². The first-order chi connectivity index (χ1) is 14.9. The number of amides is 1. The van der Waals surface area contributed by atoms with Crippen LogP contribution in [0.3, 0.4) is 0 Å². The van der Waals surface area contributed by atoms with E-state index in [-0.39, 0.29) is 5.91 Å². The summed E-state index contributed by atoms with van der Waals surface area (Å²) in [6.45, 7) is 15.1. The number of nitrogens with zero attached hydrogens (tertiary/aromatic N) is 3. The van der Waals surface area contributed by atoms with Crippen LogP contribution in [0.5, 0.6) is 5.75 Å². The van der Waals surface area contributed by atoms with Crippen molar-refractivity contribution in [3.05, 3.63) is 41.5 Å². The van der Waals surface area contributed by atoms with E-state index >= 15 is 0 Å². The van der Waals surface area contributed by atoms with Crippen LogP contribution in [0.15, 0.2) is 35.9 Å². The van der Waals surface area contributed by atoms with Crippen LogP contribution in [-0.4, -0.2) is 80.1 Å². The maximum atomic E-state index is 12.8. The second-order valence-electron chi connectivity index (χ2n) is 10.1. The van der Waals surface area contributed by atoms with Crippen molar-refractivity contribution in [1.29, 1.82) is 0 Å². The number of hydrogen-bond acceptors (Lipinski definition) is 4. The monoisotopic (exact) mass is 425 g/mol. The Labute approximate surface area is 188 Å². The minimum Gasteiger partial charge on any atom is -0.497 e. The normalized spacial score (nSPS) is 25.2. The van der Waals surface area contributed by atoms with Crippen molar-refractivity contribution in [1.82, 2.24) is 14.7 Å². The third kappa shape index (κ3) is 4.68. The molecule has 31 heavy (non-hydrogen) atoms. The average Bonchev–Trinajstić information content (AvgIpc) is 2.81. The zero-order valence-corrected chi connectivity index (χ0v) is 19.8. The summed E-state index contributed by atoms with van der Waals surface area (Å²) in [7, 11) is 1.64. The van der Waals surface area contributed by atoms with Gasteiger partial charge in [-0.05, 0) is 54.8 Å². The van der Waals surface area contributed by atoms with Crippen molar-refractivity contribution in [2.75, 3.05) is 59.5 Å². The van der Waals surface area contributed by atoms with Gasteiger partial charge in [0.05, 0.1) is 7.11 Å². The zero-order valence-electron chi connectivity index (χ0n) is 19.8. The number of carbonyl (C=O) groups is 1. The number of methoxy groups -OCH3 is 1. The molecule has 0 aromatic heterocycles. The SMILES string of the molecule is CCN(CCN1CCN(C(=O)c2cccc(OC)c2)CC1)CC1=CCC2CC1C2(C)C. The highest BCUT2D eigenvalue weighted by atomic mass is 16.5. The van der Waals surface area contributed by atoms with Crippen LogP contribution in [-0.2, 0) is 0 Å². The summed E-state index contributed by atoms with van der Waals surface area (Å²) in [6.07, 6.45) is 5.22. The van der Waals surface area contributed by atoms with Gasteiger partial charge >= 0.3 is 0 Å². The van der Waals surface area contributed by atoms with Gasteiger partial charge in [-0.3, -0.25) is 14.6 Å². The molecule has 5 rings (SSSR count). The molecule has 1 aromatic rings. The van der Waals surface area contributed by atoms with Gasteiger partial charge in [0.15, 0.2) is 0 Å². The first-order valence-electron chi connectivity index (χ1n) is 12.0. The van der Waals surface area contributed by atoms with Crippen molar-refractivity contribution in [3.8, 4) is 5.75 Å². The molecule has 2 atom stereocenters. The fourth-order valence-corrected chi connectivity index (χ4v) is 5.66. The van der Waals surface area contributed by atoms with Crippen LogP contribution in [0.4, 0.5) is 0 Å². The smallest absolute Gasteiger partial charge is 0.254 e. The zero-order chi connectivity index (χ0) is 22.0. The molecule has 2 bridgehead atoms. The Hall–Kier alpha value is -1.85. The standard InChI is InChI=1S/C26H39N3O2/c1-5-27(19-21-9-10-22-18-24(21)26(22,2)3)11-12-28-13-15-29(16-14-28)25(30)20-7-6-8-23(17-20)31-4/h6-9,17,22,24H,5,10-16,18-19H2,1-4H3. The molecule has 0 spiro atoms. The lowest BCUT2D eigenvalue weighted by atomic mass is 9.49. The molecule has 2 unspecified atom stereocenters. The average molecular weight is 426 g/mol. The van der Waals surface area contributed by atoms with Gasteiger partial charge in [-0.25, -0.2) is 0 Å². The highest BCUT2D eigenvalue weighted by molar-refractivity contribution is 5.94. The molecule has 1 heterocycles. The largest absolute Gasteiger partial charge is 0.497 e. The third-order valence-corrected chi connectivity index (χ3v) is 8.14. The molecular weight excluding hydrogens is 386 g/mol. The van der Waals surface area contributed by atoms with Crippen LogP contribution in [0, 0.1) is 17.3 Å². The lowest BCUT2D eigenvalue weighted by molar-refractivity contribution is -0.0108. The number of carbonyl (C=O) groups excluding carboxylic acids is 1. The van der Waals surface area contributed by atoms with E-state index in [9.17, 15) is 4.79 Å². The summed E-state index contributed by atoms with van der Waals surface area (Å²) in [5.74, 6) is 2.55.